The fourth-order valence-corrected chi connectivity index (χ4v) is 2.34. The third-order valence-electron chi connectivity index (χ3n) is 2.83. The molecule has 0 aliphatic rings. The van der Waals surface area contributed by atoms with E-state index in [-0.39, 0.29) is 5.91 Å². The van der Waals surface area contributed by atoms with Gasteiger partial charge in [0.05, 0.1) is 15.6 Å². The molecule has 0 bridgehead atoms. The Balaban J connectivity index is 2.34. The Morgan fingerprint density at radius 2 is 1.68 bits per heavy atom. The van der Waals surface area contributed by atoms with Crippen molar-refractivity contribution in [2.75, 3.05) is 5.32 Å². The zero-order valence-electron chi connectivity index (χ0n) is 10.6. The smallest absolute Gasteiger partial charge is 0.258 e. The van der Waals surface area contributed by atoms with Gasteiger partial charge in [0.1, 0.15) is 0 Å². The lowest BCUT2D eigenvalue weighted by atomic mass is 10.1. The van der Waals surface area contributed by atoms with Crippen LogP contribution in [0.15, 0.2) is 36.4 Å². The summed E-state index contributed by atoms with van der Waals surface area (Å²) in [5.41, 5.74) is 3.13. The fourth-order valence-electron chi connectivity index (χ4n) is 1.77. The van der Waals surface area contributed by atoms with Gasteiger partial charge in [-0.3, -0.25) is 4.79 Å². The van der Waals surface area contributed by atoms with Gasteiger partial charge in [0.2, 0.25) is 0 Å². The number of halogens is 2. The summed E-state index contributed by atoms with van der Waals surface area (Å²) in [7, 11) is 0. The van der Waals surface area contributed by atoms with Gasteiger partial charge in [0.25, 0.3) is 5.91 Å². The van der Waals surface area contributed by atoms with E-state index >= 15 is 0 Å². The Kier molecular flexibility index (Phi) is 4.13. The average molecular weight is 294 g/mol. The zero-order valence-corrected chi connectivity index (χ0v) is 12.1. The van der Waals surface area contributed by atoms with Crippen LogP contribution < -0.4 is 5.32 Å². The van der Waals surface area contributed by atoms with Crippen LogP contribution in [0.1, 0.15) is 21.5 Å². The molecule has 19 heavy (non-hydrogen) atoms. The van der Waals surface area contributed by atoms with E-state index in [2.05, 4.69) is 5.32 Å². The molecule has 1 N–H and O–H groups in total. The predicted octanol–water partition coefficient (Wildman–Crippen LogP) is 4.86. The molecule has 2 rings (SSSR count). The minimum atomic E-state index is -0.302. The largest absolute Gasteiger partial charge is 0.322 e. The first-order chi connectivity index (χ1) is 8.99. The number of carbonyl (C=O) groups excluding carboxylic acids is 1. The second-order valence-electron chi connectivity index (χ2n) is 4.37. The van der Waals surface area contributed by atoms with Gasteiger partial charge in [-0.15, -0.1) is 0 Å². The molecular formula is C15H13Cl2NO. The van der Waals surface area contributed by atoms with Crippen LogP contribution in [0, 0.1) is 13.8 Å². The van der Waals surface area contributed by atoms with Crippen molar-refractivity contribution in [1.82, 2.24) is 0 Å². The number of hydrogen-bond acceptors (Lipinski definition) is 1. The highest BCUT2D eigenvalue weighted by molar-refractivity contribution is 6.40. The highest BCUT2D eigenvalue weighted by atomic mass is 35.5. The van der Waals surface area contributed by atoms with Crippen LogP contribution in [0.25, 0.3) is 0 Å². The van der Waals surface area contributed by atoms with Gasteiger partial charge in [-0.2, -0.15) is 0 Å². The van der Waals surface area contributed by atoms with E-state index in [4.69, 9.17) is 23.2 Å². The van der Waals surface area contributed by atoms with Gasteiger partial charge in [-0.05, 0) is 43.2 Å². The number of hydrogen-bond donors (Lipinski definition) is 1. The standard InChI is InChI=1S/C15H13Cl2NO/c1-9-6-7-10(2)13(8-9)18-15(19)14-11(16)4-3-5-12(14)17/h3-8H,1-2H3,(H,18,19). The maximum atomic E-state index is 12.2. The third-order valence-corrected chi connectivity index (χ3v) is 3.46. The first-order valence-electron chi connectivity index (χ1n) is 5.81. The van der Waals surface area contributed by atoms with Crippen molar-refractivity contribution in [2.45, 2.75) is 13.8 Å². The predicted molar refractivity (Wildman–Crippen MR) is 80.3 cm³/mol. The lowest BCUT2D eigenvalue weighted by molar-refractivity contribution is 0.102. The van der Waals surface area contributed by atoms with Crippen molar-refractivity contribution in [3.63, 3.8) is 0 Å². The van der Waals surface area contributed by atoms with E-state index in [9.17, 15) is 4.79 Å². The van der Waals surface area contributed by atoms with Gasteiger partial charge in [-0.1, -0.05) is 41.4 Å². The van der Waals surface area contributed by atoms with Crippen LogP contribution >= 0.6 is 23.2 Å². The van der Waals surface area contributed by atoms with Crippen LogP contribution in [-0.4, -0.2) is 5.91 Å². The van der Waals surface area contributed by atoms with Crippen molar-refractivity contribution in [2.24, 2.45) is 0 Å². The van der Waals surface area contributed by atoms with E-state index in [0.29, 0.717) is 15.6 Å². The Labute approximate surface area is 122 Å². The summed E-state index contributed by atoms with van der Waals surface area (Å²) in [6.07, 6.45) is 0. The van der Waals surface area contributed by atoms with Crippen molar-refractivity contribution >= 4 is 34.8 Å². The number of rotatable bonds is 2. The molecular weight excluding hydrogens is 281 g/mol. The number of benzene rings is 2. The highest BCUT2D eigenvalue weighted by Gasteiger charge is 2.15. The molecule has 2 aromatic rings. The van der Waals surface area contributed by atoms with Gasteiger partial charge >= 0.3 is 0 Å². The minimum Gasteiger partial charge on any atom is -0.322 e. The summed E-state index contributed by atoms with van der Waals surface area (Å²) in [6.45, 7) is 3.90. The van der Waals surface area contributed by atoms with Crippen LogP contribution in [-0.2, 0) is 0 Å². The van der Waals surface area contributed by atoms with Crippen LogP contribution in [0.3, 0.4) is 0 Å². The molecule has 2 nitrogen and oxygen atoms in total. The maximum Gasteiger partial charge on any atom is 0.258 e. The minimum absolute atomic E-state index is 0.298. The van der Waals surface area contributed by atoms with Crippen LogP contribution in [0.5, 0.6) is 0 Å². The molecule has 0 atom stereocenters. The van der Waals surface area contributed by atoms with E-state index in [0.717, 1.165) is 16.8 Å². The number of nitrogens with one attached hydrogen (secondary N) is 1. The highest BCUT2D eigenvalue weighted by Crippen LogP contribution is 2.26. The molecule has 98 valence electrons. The molecule has 0 aliphatic carbocycles. The molecule has 0 saturated carbocycles. The second-order valence-corrected chi connectivity index (χ2v) is 5.18. The normalized spacial score (nSPS) is 10.3. The summed E-state index contributed by atoms with van der Waals surface area (Å²) >= 11 is 12.0. The molecule has 0 unspecified atom stereocenters. The first kappa shape index (κ1) is 13.9. The number of amides is 1. The maximum absolute atomic E-state index is 12.2. The molecule has 0 heterocycles. The Bertz CT molecular complexity index is 618. The number of aryl methyl sites for hydroxylation is 2. The van der Waals surface area contributed by atoms with Gasteiger partial charge in [0, 0.05) is 5.69 Å². The Hall–Kier alpha value is -1.51. The molecule has 0 fully saturated rings. The van der Waals surface area contributed by atoms with Crippen LogP contribution in [0.4, 0.5) is 5.69 Å². The number of carbonyl (C=O) groups is 1. The van der Waals surface area contributed by atoms with Crippen molar-refractivity contribution in [3.8, 4) is 0 Å². The topological polar surface area (TPSA) is 29.1 Å². The van der Waals surface area contributed by atoms with Gasteiger partial charge in [-0.25, -0.2) is 0 Å². The Morgan fingerprint density at radius 3 is 2.32 bits per heavy atom. The van der Waals surface area contributed by atoms with Gasteiger partial charge in [0.15, 0.2) is 0 Å². The molecule has 0 radical (unpaired) electrons. The molecule has 0 aliphatic heterocycles. The molecule has 1 amide bonds. The van der Waals surface area contributed by atoms with E-state index in [1.165, 1.54) is 0 Å². The monoisotopic (exact) mass is 293 g/mol. The van der Waals surface area contributed by atoms with E-state index in [1.54, 1.807) is 18.2 Å². The Morgan fingerprint density at radius 1 is 1.05 bits per heavy atom. The summed E-state index contributed by atoms with van der Waals surface area (Å²) in [5.74, 6) is -0.302. The second kappa shape index (κ2) is 5.64. The summed E-state index contributed by atoms with van der Waals surface area (Å²) < 4.78 is 0. The summed E-state index contributed by atoms with van der Waals surface area (Å²) in [5, 5.41) is 3.53. The lowest BCUT2D eigenvalue weighted by Gasteiger charge is -2.11. The van der Waals surface area contributed by atoms with Gasteiger partial charge < -0.3 is 5.32 Å². The molecule has 0 aromatic heterocycles. The quantitative estimate of drug-likeness (QED) is 0.841. The van der Waals surface area contributed by atoms with E-state index < -0.39 is 0 Å². The molecule has 4 heteroatoms. The number of anilines is 1. The zero-order chi connectivity index (χ0) is 14.0. The average Bonchev–Trinajstić information content (AvgIpc) is 2.33. The van der Waals surface area contributed by atoms with Crippen molar-refractivity contribution < 1.29 is 4.79 Å². The van der Waals surface area contributed by atoms with Crippen LogP contribution in [0.2, 0.25) is 10.0 Å². The van der Waals surface area contributed by atoms with E-state index in [1.807, 2.05) is 32.0 Å². The SMILES string of the molecule is Cc1ccc(C)c(NC(=O)c2c(Cl)cccc2Cl)c1. The fraction of sp³-hybridized carbons (Fsp3) is 0.133. The van der Waals surface area contributed by atoms with Crippen molar-refractivity contribution in [1.29, 1.82) is 0 Å². The van der Waals surface area contributed by atoms with Crippen molar-refractivity contribution in [3.05, 3.63) is 63.1 Å². The molecule has 2 aromatic carbocycles. The lowest BCUT2D eigenvalue weighted by Crippen LogP contribution is -2.14. The summed E-state index contributed by atoms with van der Waals surface area (Å²) in [4.78, 5) is 12.2. The summed E-state index contributed by atoms with van der Waals surface area (Å²) in [6, 6.07) is 10.9. The first-order valence-corrected chi connectivity index (χ1v) is 6.57. The molecule has 0 saturated heterocycles. The third kappa shape index (κ3) is 3.09. The molecule has 0 spiro atoms.